The molecular formula is C13H20N2OS. The second-order valence-electron chi connectivity index (χ2n) is 4.89. The molecule has 4 heteroatoms. The Hall–Kier alpha value is -0.870. The predicted molar refractivity (Wildman–Crippen MR) is 71.4 cm³/mol. The summed E-state index contributed by atoms with van der Waals surface area (Å²) >= 11 is 1.59. The molecular weight excluding hydrogens is 232 g/mol. The summed E-state index contributed by atoms with van der Waals surface area (Å²) in [5.41, 5.74) is 7.92. The third kappa shape index (κ3) is 2.53. The highest BCUT2D eigenvalue weighted by atomic mass is 32.1. The summed E-state index contributed by atoms with van der Waals surface area (Å²) in [7, 11) is 0. The van der Waals surface area contributed by atoms with E-state index >= 15 is 0 Å². The first kappa shape index (κ1) is 12.6. The molecule has 1 amide bonds. The van der Waals surface area contributed by atoms with E-state index in [1.54, 1.807) is 11.3 Å². The molecule has 2 rings (SSSR count). The van der Waals surface area contributed by atoms with Crippen molar-refractivity contribution in [1.29, 1.82) is 0 Å². The van der Waals surface area contributed by atoms with Gasteiger partial charge in [0.05, 0.1) is 5.56 Å². The number of carbonyl (C=O) groups is 1. The molecule has 2 heterocycles. The summed E-state index contributed by atoms with van der Waals surface area (Å²) in [5.74, 6) is 0.158. The maximum atomic E-state index is 12.5. The normalized spacial score (nSPS) is 22.5. The summed E-state index contributed by atoms with van der Waals surface area (Å²) in [4.78, 5) is 14.4. The lowest BCUT2D eigenvalue weighted by Crippen LogP contribution is -2.51. The number of thiophene rings is 1. The SMILES string of the molecule is Cc1cscc1C(=O)N1CCCC[C@@H]1[C@H](C)N. The molecule has 2 N–H and O–H groups in total. The second-order valence-corrected chi connectivity index (χ2v) is 5.63. The van der Waals surface area contributed by atoms with Crippen LogP contribution in [0.3, 0.4) is 0 Å². The zero-order valence-electron chi connectivity index (χ0n) is 10.5. The van der Waals surface area contributed by atoms with Crippen LogP contribution in [-0.4, -0.2) is 29.4 Å². The van der Waals surface area contributed by atoms with Crippen LogP contribution < -0.4 is 5.73 Å². The second kappa shape index (κ2) is 5.19. The number of hydrogen-bond donors (Lipinski definition) is 1. The van der Waals surface area contributed by atoms with Crippen LogP contribution in [0.15, 0.2) is 10.8 Å². The van der Waals surface area contributed by atoms with E-state index in [4.69, 9.17) is 5.73 Å². The third-order valence-electron chi connectivity index (χ3n) is 3.50. The van der Waals surface area contributed by atoms with Crippen LogP contribution in [0.5, 0.6) is 0 Å². The molecule has 1 fully saturated rings. The van der Waals surface area contributed by atoms with Crippen molar-refractivity contribution in [2.45, 2.75) is 45.2 Å². The minimum absolute atomic E-state index is 0.0539. The highest BCUT2D eigenvalue weighted by molar-refractivity contribution is 7.08. The van der Waals surface area contributed by atoms with Gasteiger partial charge in [0, 0.05) is 24.0 Å². The van der Waals surface area contributed by atoms with Crippen LogP contribution in [0.2, 0.25) is 0 Å². The molecule has 1 aromatic heterocycles. The monoisotopic (exact) mass is 252 g/mol. The first-order valence-electron chi connectivity index (χ1n) is 6.20. The summed E-state index contributed by atoms with van der Waals surface area (Å²) in [6.07, 6.45) is 3.31. The molecule has 17 heavy (non-hydrogen) atoms. The Kier molecular flexibility index (Phi) is 3.84. The summed E-state index contributed by atoms with van der Waals surface area (Å²) < 4.78 is 0. The maximum Gasteiger partial charge on any atom is 0.255 e. The van der Waals surface area contributed by atoms with Crippen molar-refractivity contribution < 1.29 is 4.79 Å². The molecule has 2 atom stereocenters. The van der Waals surface area contributed by atoms with E-state index in [0.29, 0.717) is 0 Å². The number of aryl methyl sites for hydroxylation is 1. The van der Waals surface area contributed by atoms with E-state index in [2.05, 4.69) is 0 Å². The van der Waals surface area contributed by atoms with Gasteiger partial charge >= 0.3 is 0 Å². The Morgan fingerprint density at radius 1 is 1.53 bits per heavy atom. The summed E-state index contributed by atoms with van der Waals surface area (Å²) in [6, 6.07) is 0.258. The Balaban J connectivity index is 2.20. The lowest BCUT2D eigenvalue weighted by atomic mass is 9.96. The van der Waals surface area contributed by atoms with Gasteiger partial charge in [-0.2, -0.15) is 11.3 Å². The predicted octanol–water partition coefficient (Wildman–Crippen LogP) is 2.40. The lowest BCUT2D eigenvalue weighted by Gasteiger charge is -2.38. The molecule has 1 aliphatic rings. The van der Waals surface area contributed by atoms with Gasteiger partial charge in [-0.15, -0.1) is 0 Å². The van der Waals surface area contributed by atoms with E-state index in [9.17, 15) is 4.79 Å². The van der Waals surface area contributed by atoms with Gasteiger partial charge in [-0.25, -0.2) is 0 Å². The number of nitrogens with two attached hydrogens (primary N) is 1. The average Bonchev–Trinajstić information content (AvgIpc) is 2.74. The fourth-order valence-corrected chi connectivity index (χ4v) is 3.31. The molecule has 1 aromatic rings. The topological polar surface area (TPSA) is 46.3 Å². The number of amides is 1. The average molecular weight is 252 g/mol. The van der Waals surface area contributed by atoms with Gasteiger partial charge in [-0.1, -0.05) is 0 Å². The van der Waals surface area contributed by atoms with Gasteiger partial charge in [0.15, 0.2) is 0 Å². The van der Waals surface area contributed by atoms with Crippen molar-refractivity contribution in [2.24, 2.45) is 5.73 Å². The molecule has 94 valence electrons. The fourth-order valence-electron chi connectivity index (χ4n) is 2.49. The van der Waals surface area contributed by atoms with Crippen LogP contribution in [0, 0.1) is 6.92 Å². The number of hydrogen-bond acceptors (Lipinski definition) is 3. The van der Waals surface area contributed by atoms with Crippen molar-refractivity contribution in [3.05, 3.63) is 21.9 Å². The van der Waals surface area contributed by atoms with E-state index in [-0.39, 0.29) is 18.0 Å². The first-order valence-corrected chi connectivity index (χ1v) is 7.15. The first-order chi connectivity index (χ1) is 8.11. The van der Waals surface area contributed by atoms with Crippen LogP contribution in [0.1, 0.15) is 42.1 Å². The molecule has 0 bridgehead atoms. The van der Waals surface area contributed by atoms with Crippen LogP contribution >= 0.6 is 11.3 Å². The quantitative estimate of drug-likeness (QED) is 0.878. The van der Waals surface area contributed by atoms with Crippen molar-refractivity contribution >= 4 is 17.2 Å². The van der Waals surface area contributed by atoms with Gasteiger partial charge in [0.2, 0.25) is 0 Å². The highest BCUT2D eigenvalue weighted by Crippen LogP contribution is 2.24. The van der Waals surface area contributed by atoms with Crippen molar-refractivity contribution in [2.75, 3.05) is 6.54 Å². The van der Waals surface area contributed by atoms with E-state index in [1.165, 1.54) is 6.42 Å². The lowest BCUT2D eigenvalue weighted by molar-refractivity contribution is 0.0583. The summed E-state index contributed by atoms with van der Waals surface area (Å²) in [5, 5.41) is 3.97. The molecule has 0 aromatic carbocycles. The molecule has 0 radical (unpaired) electrons. The Bertz CT molecular complexity index is 400. The zero-order valence-corrected chi connectivity index (χ0v) is 11.3. The molecule has 1 saturated heterocycles. The molecule has 0 saturated carbocycles. The third-order valence-corrected chi connectivity index (χ3v) is 4.36. The number of carbonyl (C=O) groups excluding carboxylic acids is 1. The van der Waals surface area contributed by atoms with E-state index in [1.807, 2.05) is 29.5 Å². The zero-order chi connectivity index (χ0) is 12.4. The standard InChI is InChI=1S/C13H20N2OS/c1-9-7-17-8-11(9)13(16)15-6-4-3-5-12(15)10(2)14/h7-8,10,12H,3-6,14H2,1-2H3/t10-,12+/m0/s1. The number of likely N-dealkylation sites (tertiary alicyclic amines) is 1. The smallest absolute Gasteiger partial charge is 0.255 e. The summed E-state index contributed by atoms with van der Waals surface area (Å²) in [6.45, 7) is 4.84. The molecule has 0 spiro atoms. The number of rotatable bonds is 2. The highest BCUT2D eigenvalue weighted by Gasteiger charge is 2.30. The van der Waals surface area contributed by atoms with Crippen LogP contribution in [0.4, 0.5) is 0 Å². The largest absolute Gasteiger partial charge is 0.334 e. The molecule has 0 unspecified atom stereocenters. The maximum absolute atomic E-state index is 12.5. The minimum Gasteiger partial charge on any atom is -0.334 e. The van der Waals surface area contributed by atoms with Gasteiger partial charge in [-0.3, -0.25) is 4.79 Å². The van der Waals surface area contributed by atoms with Crippen LogP contribution in [-0.2, 0) is 0 Å². The van der Waals surface area contributed by atoms with Crippen molar-refractivity contribution in [3.8, 4) is 0 Å². The van der Waals surface area contributed by atoms with E-state index < -0.39 is 0 Å². The minimum atomic E-state index is 0.0539. The van der Waals surface area contributed by atoms with E-state index in [0.717, 1.165) is 30.5 Å². The van der Waals surface area contributed by atoms with Crippen LogP contribution in [0.25, 0.3) is 0 Å². The molecule has 0 aliphatic carbocycles. The number of piperidine rings is 1. The van der Waals surface area contributed by atoms with Crippen molar-refractivity contribution in [3.63, 3.8) is 0 Å². The Labute approximate surface area is 107 Å². The van der Waals surface area contributed by atoms with Gasteiger partial charge in [0.25, 0.3) is 5.91 Å². The number of nitrogens with zero attached hydrogens (tertiary/aromatic N) is 1. The Morgan fingerprint density at radius 2 is 2.29 bits per heavy atom. The molecule has 1 aliphatic heterocycles. The fraction of sp³-hybridized carbons (Fsp3) is 0.615. The van der Waals surface area contributed by atoms with Crippen molar-refractivity contribution in [1.82, 2.24) is 4.90 Å². The Morgan fingerprint density at radius 3 is 2.88 bits per heavy atom. The van der Waals surface area contributed by atoms with Gasteiger partial charge in [-0.05, 0) is 44.1 Å². The van der Waals surface area contributed by atoms with Gasteiger partial charge in [0.1, 0.15) is 0 Å². The van der Waals surface area contributed by atoms with Gasteiger partial charge < -0.3 is 10.6 Å². The molecule has 3 nitrogen and oxygen atoms in total.